The lowest BCUT2D eigenvalue weighted by Gasteiger charge is -1.73. The molecule has 1 heterocycles. The van der Waals surface area contributed by atoms with E-state index in [-0.39, 0.29) is 0 Å². The highest BCUT2D eigenvalue weighted by Gasteiger charge is 1.93. The number of halogens is 2. The summed E-state index contributed by atoms with van der Waals surface area (Å²) >= 11 is 12.3. The van der Waals surface area contributed by atoms with E-state index in [1.807, 2.05) is 0 Å². The van der Waals surface area contributed by atoms with Crippen LogP contribution >= 0.6 is 34.5 Å². The smallest absolute Gasteiger partial charge is 0.112 e. The van der Waals surface area contributed by atoms with Crippen LogP contribution in [0.1, 0.15) is 0 Å². The molecule has 1 rings (SSSR count). The average molecular weight is 152 g/mol. The molecule has 0 aliphatic carbocycles. The maximum Gasteiger partial charge on any atom is 0.112 e. The highest BCUT2D eigenvalue weighted by Crippen LogP contribution is 2.26. The third kappa shape index (κ3) is 1.09. The summed E-state index contributed by atoms with van der Waals surface area (Å²) in [5.74, 6) is 0. The Balaban J connectivity index is 3.12. The maximum absolute atomic E-state index is 5.48. The van der Waals surface area contributed by atoms with Gasteiger partial charge in [-0.1, -0.05) is 23.2 Å². The second-order valence-corrected chi connectivity index (χ2v) is 2.84. The lowest BCUT2D eigenvalue weighted by atomic mass is 10.7. The molecule has 37 valence electrons. The second kappa shape index (κ2) is 2.03. The fourth-order valence-electron chi connectivity index (χ4n) is 0.238. The summed E-state index contributed by atoms with van der Waals surface area (Å²) in [5, 5.41) is 3.36. The van der Waals surface area contributed by atoms with Crippen molar-refractivity contribution < 1.29 is 0 Å². The molecule has 0 nitrogen and oxygen atoms in total. The quantitative estimate of drug-likeness (QED) is 0.536. The van der Waals surface area contributed by atoms with Crippen LogP contribution in [0.15, 0.2) is 6.07 Å². The van der Waals surface area contributed by atoms with E-state index in [1.54, 1.807) is 6.07 Å². The monoisotopic (exact) mass is 151 g/mol. The molecule has 0 fully saturated rings. The molecule has 3 heteroatoms. The summed E-state index contributed by atoms with van der Waals surface area (Å²) in [7, 11) is 0. The van der Waals surface area contributed by atoms with Crippen molar-refractivity contribution in [1.82, 2.24) is 0 Å². The largest absolute Gasteiger partial charge is 0.121 e. The minimum absolute atomic E-state index is 0.590. The van der Waals surface area contributed by atoms with Crippen LogP contribution in [0.3, 0.4) is 0 Å². The summed E-state index contributed by atoms with van der Waals surface area (Å²) < 4.78 is 0.613. The van der Waals surface area contributed by atoms with Gasteiger partial charge in [0.15, 0.2) is 0 Å². The zero-order valence-corrected chi connectivity index (χ0v) is 5.57. The fourth-order valence-corrected chi connectivity index (χ4v) is 1.10. The first-order chi connectivity index (χ1) is 3.30. The third-order valence-corrected chi connectivity index (χ3v) is 2.10. The summed E-state index contributed by atoms with van der Waals surface area (Å²) in [6.07, 6.45) is 0. The summed E-state index contributed by atoms with van der Waals surface area (Å²) in [4.78, 5) is 0. The van der Waals surface area contributed by atoms with E-state index in [0.717, 1.165) is 0 Å². The van der Waals surface area contributed by atoms with Gasteiger partial charge in [0.1, 0.15) is 4.34 Å². The van der Waals surface area contributed by atoms with E-state index in [2.05, 4.69) is 5.38 Å². The molecule has 0 bridgehead atoms. The average Bonchev–Trinajstić information content (AvgIpc) is 1.91. The predicted octanol–water partition coefficient (Wildman–Crippen LogP) is 2.86. The Labute approximate surface area is 55.7 Å². The van der Waals surface area contributed by atoms with Crippen molar-refractivity contribution in [3.8, 4) is 0 Å². The number of rotatable bonds is 0. The van der Waals surface area contributed by atoms with Crippen molar-refractivity contribution >= 4 is 34.5 Å². The Morgan fingerprint density at radius 2 is 2.29 bits per heavy atom. The first-order valence-electron chi connectivity index (χ1n) is 1.61. The van der Waals surface area contributed by atoms with E-state index in [9.17, 15) is 0 Å². The van der Waals surface area contributed by atoms with Gasteiger partial charge in [-0.15, -0.1) is 11.3 Å². The standard InChI is InChI=1S/C4HCl2S/c5-3-1-2-7-4(3)6/h1H. The molecule has 0 aliphatic rings. The number of thiophene rings is 1. The van der Waals surface area contributed by atoms with Crippen LogP contribution in [0.4, 0.5) is 0 Å². The zero-order valence-electron chi connectivity index (χ0n) is 3.24. The molecule has 0 aliphatic heterocycles. The van der Waals surface area contributed by atoms with Crippen LogP contribution < -0.4 is 0 Å². The molecule has 0 aromatic carbocycles. The van der Waals surface area contributed by atoms with Gasteiger partial charge in [0.25, 0.3) is 0 Å². The molecule has 1 aromatic heterocycles. The van der Waals surface area contributed by atoms with Crippen LogP contribution in [-0.4, -0.2) is 0 Å². The third-order valence-electron chi connectivity index (χ3n) is 0.522. The highest BCUT2D eigenvalue weighted by molar-refractivity contribution is 7.14. The number of hydrogen-bond donors (Lipinski definition) is 0. The lowest BCUT2D eigenvalue weighted by Crippen LogP contribution is -1.43. The van der Waals surface area contributed by atoms with Gasteiger partial charge in [0.2, 0.25) is 0 Å². The van der Waals surface area contributed by atoms with Crippen molar-refractivity contribution in [2.75, 3.05) is 0 Å². The normalized spacial score (nSPS) is 9.43. The van der Waals surface area contributed by atoms with Gasteiger partial charge in [0, 0.05) is 5.38 Å². The molecular formula is C4HCl2S. The maximum atomic E-state index is 5.48. The molecule has 7 heavy (non-hydrogen) atoms. The minimum atomic E-state index is 0.590. The Kier molecular flexibility index (Phi) is 1.57. The van der Waals surface area contributed by atoms with Crippen molar-refractivity contribution in [3.05, 3.63) is 20.8 Å². The van der Waals surface area contributed by atoms with E-state index in [1.165, 1.54) is 11.3 Å². The van der Waals surface area contributed by atoms with Crippen molar-refractivity contribution in [3.63, 3.8) is 0 Å². The molecule has 0 spiro atoms. The van der Waals surface area contributed by atoms with E-state index in [0.29, 0.717) is 9.36 Å². The zero-order chi connectivity index (χ0) is 5.28. The SMILES string of the molecule is Clc1c[c]sc1Cl. The molecule has 1 radical (unpaired) electrons. The fraction of sp³-hybridized carbons (Fsp3) is 0. The Hall–Kier alpha value is 0.280. The molecule has 0 saturated carbocycles. The summed E-state index contributed by atoms with van der Waals surface area (Å²) in [6, 6.07) is 1.65. The van der Waals surface area contributed by atoms with E-state index >= 15 is 0 Å². The topological polar surface area (TPSA) is 0 Å². The predicted molar refractivity (Wildman–Crippen MR) is 33.2 cm³/mol. The van der Waals surface area contributed by atoms with Gasteiger partial charge in [-0.05, 0) is 6.07 Å². The van der Waals surface area contributed by atoms with Gasteiger partial charge >= 0.3 is 0 Å². The van der Waals surface area contributed by atoms with Crippen LogP contribution in [0.5, 0.6) is 0 Å². The van der Waals surface area contributed by atoms with Crippen LogP contribution in [-0.2, 0) is 0 Å². The van der Waals surface area contributed by atoms with Crippen LogP contribution in [0.25, 0.3) is 0 Å². The van der Waals surface area contributed by atoms with Crippen LogP contribution in [0, 0.1) is 5.38 Å². The second-order valence-electron chi connectivity index (χ2n) is 0.986. The van der Waals surface area contributed by atoms with Crippen molar-refractivity contribution in [1.29, 1.82) is 0 Å². The van der Waals surface area contributed by atoms with E-state index in [4.69, 9.17) is 23.2 Å². The molecule has 0 unspecified atom stereocenters. The molecule has 0 saturated heterocycles. The van der Waals surface area contributed by atoms with E-state index < -0.39 is 0 Å². The van der Waals surface area contributed by atoms with Gasteiger partial charge in [-0.25, -0.2) is 0 Å². The van der Waals surface area contributed by atoms with Crippen molar-refractivity contribution in [2.24, 2.45) is 0 Å². The highest BCUT2D eigenvalue weighted by atomic mass is 35.5. The molecule has 0 amide bonds. The first-order valence-corrected chi connectivity index (χ1v) is 3.19. The molecular weight excluding hydrogens is 151 g/mol. The summed E-state index contributed by atoms with van der Waals surface area (Å²) in [6.45, 7) is 0. The van der Waals surface area contributed by atoms with Gasteiger partial charge in [-0.2, -0.15) is 0 Å². The first kappa shape index (κ1) is 5.42. The van der Waals surface area contributed by atoms with Crippen molar-refractivity contribution in [2.45, 2.75) is 0 Å². The molecule has 1 aromatic rings. The molecule has 0 N–H and O–H groups in total. The Morgan fingerprint density at radius 1 is 1.57 bits per heavy atom. The lowest BCUT2D eigenvalue weighted by molar-refractivity contribution is 1.99. The Morgan fingerprint density at radius 3 is 2.43 bits per heavy atom. The minimum Gasteiger partial charge on any atom is -0.121 e. The van der Waals surface area contributed by atoms with Crippen LogP contribution in [0.2, 0.25) is 9.36 Å². The Bertz CT molecular complexity index is 142. The number of hydrogen-bond acceptors (Lipinski definition) is 1. The van der Waals surface area contributed by atoms with Gasteiger partial charge in [-0.3, -0.25) is 0 Å². The summed E-state index contributed by atoms with van der Waals surface area (Å²) in [5.41, 5.74) is 0. The van der Waals surface area contributed by atoms with Gasteiger partial charge in [0.05, 0.1) is 5.02 Å². The van der Waals surface area contributed by atoms with Gasteiger partial charge < -0.3 is 0 Å². The molecule has 0 atom stereocenters.